The number of nitrogens with one attached hydrogen (secondary N) is 1. The van der Waals surface area contributed by atoms with E-state index in [1.807, 2.05) is 13.0 Å². The average Bonchev–Trinajstić information content (AvgIpc) is 2.40. The van der Waals surface area contributed by atoms with E-state index >= 15 is 0 Å². The quantitative estimate of drug-likeness (QED) is 0.786. The molecule has 6 nitrogen and oxygen atoms in total. The maximum Gasteiger partial charge on any atom is 0.326 e. The SMILES string of the molecule is COC(=O)C[C@H](NC(=O)c1cccc(C)c1C)C(=O)O. The van der Waals surface area contributed by atoms with Crippen molar-refractivity contribution in [1.82, 2.24) is 5.32 Å². The molecule has 0 saturated carbocycles. The summed E-state index contributed by atoms with van der Waals surface area (Å²) in [6, 6.07) is 3.87. The van der Waals surface area contributed by atoms with Crippen LogP contribution in [0.4, 0.5) is 0 Å². The van der Waals surface area contributed by atoms with Gasteiger partial charge in [0.05, 0.1) is 13.5 Å². The number of aliphatic carboxylic acids is 1. The highest BCUT2D eigenvalue weighted by atomic mass is 16.5. The molecular formula is C14H17NO5. The van der Waals surface area contributed by atoms with E-state index in [9.17, 15) is 14.4 Å². The van der Waals surface area contributed by atoms with Crippen LogP contribution in [0.25, 0.3) is 0 Å². The lowest BCUT2D eigenvalue weighted by molar-refractivity contribution is -0.147. The van der Waals surface area contributed by atoms with Crippen LogP contribution in [-0.2, 0) is 14.3 Å². The van der Waals surface area contributed by atoms with Crippen molar-refractivity contribution in [3.63, 3.8) is 0 Å². The summed E-state index contributed by atoms with van der Waals surface area (Å²) in [5.41, 5.74) is 2.09. The summed E-state index contributed by atoms with van der Waals surface area (Å²) in [5, 5.41) is 11.3. The minimum atomic E-state index is -1.31. The number of carbonyl (C=O) groups excluding carboxylic acids is 2. The third-order valence-electron chi connectivity index (χ3n) is 3.05. The molecular weight excluding hydrogens is 262 g/mol. The maximum atomic E-state index is 12.1. The Morgan fingerprint density at radius 3 is 2.50 bits per heavy atom. The smallest absolute Gasteiger partial charge is 0.326 e. The molecule has 0 spiro atoms. The molecule has 1 rings (SSSR count). The lowest BCUT2D eigenvalue weighted by Crippen LogP contribution is -2.42. The van der Waals surface area contributed by atoms with Gasteiger partial charge in [0.15, 0.2) is 0 Å². The van der Waals surface area contributed by atoms with Crippen molar-refractivity contribution in [2.75, 3.05) is 7.11 Å². The normalized spacial score (nSPS) is 11.6. The number of hydrogen-bond donors (Lipinski definition) is 2. The molecule has 0 saturated heterocycles. The molecule has 0 radical (unpaired) electrons. The number of aryl methyl sites for hydroxylation is 1. The van der Waals surface area contributed by atoms with E-state index in [1.165, 1.54) is 0 Å². The first-order valence-electron chi connectivity index (χ1n) is 6.03. The van der Waals surface area contributed by atoms with Gasteiger partial charge in [0.1, 0.15) is 6.04 Å². The summed E-state index contributed by atoms with van der Waals surface area (Å²) >= 11 is 0. The first kappa shape index (κ1) is 15.7. The number of methoxy groups -OCH3 is 1. The van der Waals surface area contributed by atoms with Gasteiger partial charge in [-0.3, -0.25) is 9.59 Å². The summed E-state index contributed by atoms with van der Waals surface area (Å²) in [5.74, 6) is -2.50. The topological polar surface area (TPSA) is 92.7 Å². The molecule has 0 aliphatic carbocycles. The third-order valence-corrected chi connectivity index (χ3v) is 3.05. The molecule has 20 heavy (non-hydrogen) atoms. The number of amides is 1. The monoisotopic (exact) mass is 279 g/mol. The lowest BCUT2D eigenvalue weighted by atomic mass is 10.0. The largest absolute Gasteiger partial charge is 0.480 e. The fourth-order valence-electron chi connectivity index (χ4n) is 1.68. The summed E-state index contributed by atoms with van der Waals surface area (Å²) in [6.45, 7) is 3.63. The second kappa shape index (κ2) is 6.70. The summed E-state index contributed by atoms with van der Waals surface area (Å²) in [4.78, 5) is 34.3. The number of esters is 1. The predicted octanol–water partition coefficient (Wildman–Crippen LogP) is 1.05. The maximum absolute atomic E-state index is 12.1. The Bertz CT molecular complexity index is 538. The molecule has 0 heterocycles. The van der Waals surface area contributed by atoms with E-state index in [-0.39, 0.29) is 0 Å². The molecule has 0 bridgehead atoms. The molecule has 0 aliphatic rings. The van der Waals surface area contributed by atoms with Gasteiger partial charge < -0.3 is 15.2 Å². The number of benzene rings is 1. The Labute approximate surface area is 116 Å². The standard InChI is InChI=1S/C14H17NO5/c1-8-5-4-6-10(9(8)2)13(17)15-11(14(18)19)7-12(16)20-3/h4-6,11H,7H2,1-3H3,(H,15,17)(H,18,19)/t11-/m0/s1. The van der Waals surface area contributed by atoms with E-state index in [4.69, 9.17) is 5.11 Å². The Morgan fingerprint density at radius 1 is 1.30 bits per heavy atom. The Kier molecular flexibility index (Phi) is 5.25. The highest BCUT2D eigenvalue weighted by molar-refractivity contribution is 5.98. The zero-order valence-electron chi connectivity index (χ0n) is 11.6. The molecule has 0 aromatic heterocycles. The van der Waals surface area contributed by atoms with E-state index in [1.54, 1.807) is 19.1 Å². The second-order valence-electron chi connectivity index (χ2n) is 4.39. The number of ether oxygens (including phenoxy) is 1. The van der Waals surface area contributed by atoms with E-state index in [0.717, 1.165) is 18.2 Å². The van der Waals surface area contributed by atoms with E-state index in [2.05, 4.69) is 10.1 Å². The molecule has 108 valence electrons. The molecule has 1 aromatic rings. The summed E-state index contributed by atoms with van der Waals surface area (Å²) in [7, 11) is 1.16. The number of carboxylic acid groups (broad SMARTS) is 1. The summed E-state index contributed by atoms with van der Waals surface area (Å²) < 4.78 is 4.41. The van der Waals surface area contributed by atoms with Gasteiger partial charge in [-0.2, -0.15) is 0 Å². The van der Waals surface area contributed by atoms with Gasteiger partial charge in [0.25, 0.3) is 5.91 Å². The van der Waals surface area contributed by atoms with Crippen LogP contribution in [0.1, 0.15) is 27.9 Å². The van der Waals surface area contributed by atoms with Gasteiger partial charge in [0.2, 0.25) is 0 Å². The average molecular weight is 279 g/mol. The van der Waals surface area contributed by atoms with Gasteiger partial charge in [-0.05, 0) is 31.0 Å². The van der Waals surface area contributed by atoms with Gasteiger partial charge >= 0.3 is 11.9 Å². The van der Waals surface area contributed by atoms with Crippen molar-refractivity contribution in [2.45, 2.75) is 26.3 Å². The van der Waals surface area contributed by atoms with Crippen molar-refractivity contribution in [2.24, 2.45) is 0 Å². The molecule has 1 atom stereocenters. The number of hydrogen-bond acceptors (Lipinski definition) is 4. The fraction of sp³-hybridized carbons (Fsp3) is 0.357. The molecule has 0 unspecified atom stereocenters. The lowest BCUT2D eigenvalue weighted by Gasteiger charge is -2.15. The van der Waals surface area contributed by atoms with Gasteiger partial charge in [-0.25, -0.2) is 4.79 Å². The van der Waals surface area contributed by atoms with Crippen molar-refractivity contribution in [1.29, 1.82) is 0 Å². The highest BCUT2D eigenvalue weighted by Gasteiger charge is 2.24. The number of rotatable bonds is 5. The van der Waals surface area contributed by atoms with Crippen LogP contribution in [0.15, 0.2) is 18.2 Å². The van der Waals surface area contributed by atoms with Crippen LogP contribution in [0.2, 0.25) is 0 Å². The van der Waals surface area contributed by atoms with E-state index < -0.39 is 30.3 Å². The van der Waals surface area contributed by atoms with Crippen molar-refractivity contribution >= 4 is 17.8 Å². The second-order valence-corrected chi connectivity index (χ2v) is 4.39. The van der Waals surface area contributed by atoms with Gasteiger partial charge in [0, 0.05) is 5.56 Å². The predicted molar refractivity (Wildman–Crippen MR) is 71.4 cm³/mol. The summed E-state index contributed by atoms with van der Waals surface area (Å²) in [6.07, 6.45) is -0.414. The van der Waals surface area contributed by atoms with Crippen LogP contribution in [0.5, 0.6) is 0 Å². The van der Waals surface area contributed by atoms with Crippen molar-refractivity contribution < 1.29 is 24.2 Å². The number of carboxylic acids is 1. The van der Waals surface area contributed by atoms with E-state index in [0.29, 0.717) is 5.56 Å². The van der Waals surface area contributed by atoms with Gasteiger partial charge in [-0.15, -0.1) is 0 Å². The first-order chi connectivity index (χ1) is 9.36. The third kappa shape index (κ3) is 3.81. The van der Waals surface area contributed by atoms with Gasteiger partial charge in [-0.1, -0.05) is 12.1 Å². The van der Waals surface area contributed by atoms with Crippen molar-refractivity contribution in [3.8, 4) is 0 Å². The van der Waals surface area contributed by atoms with Crippen LogP contribution in [0.3, 0.4) is 0 Å². The highest BCUT2D eigenvalue weighted by Crippen LogP contribution is 2.13. The zero-order valence-corrected chi connectivity index (χ0v) is 11.6. The molecule has 2 N–H and O–H groups in total. The zero-order chi connectivity index (χ0) is 15.3. The molecule has 1 amide bonds. The number of carbonyl (C=O) groups is 3. The van der Waals surface area contributed by atoms with Crippen LogP contribution in [0, 0.1) is 13.8 Å². The minimum absolute atomic E-state index is 0.390. The molecule has 0 aliphatic heterocycles. The first-order valence-corrected chi connectivity index (χ1v) is 6.03. The fourth-order valence-corrected chi connectivity index (χ4v) is 1.68. The molecule has 6 heteroatoms. The van der Waals surface area contributed by atoms with Crippen LogP contribution in [-0.4, -0.2) is 36.1 Å². The molecule has 0 fully saturated rings. The Morgan fingerprint density at radius 2 is 1.95 bits per heavy atom. The van der Waals surface area contributed by atoms with Crippen LogP contribution < -0.4 is 5.32 Å². The van der Waals surface area contributed by atoms with Crippen LogP contribution >= 0.6 is 0 Å². The van der Waals surface area contributed by atoms with Crippen molar-refractivity contribution in [3.05, 3.63) is 34.9 Å². The Hall–Kier alpha value is -2.37. The molecule has 1 aromatic carbocycles. The Balaban J connectivity index is 2.88. The minimum Gasteiger partial charge on any atom is -0.480 e.